The minimum Gasteiger partial charge on any atom is -0.351 e. The van der Waals surface area contributed by atoms with Gasteiger partial charge in [-0.25, -0.2) is 0 Å². The molecule has 2 aliphatic rings. The molecule has 5 heteroatoms. The van der Waals surface area contributed by atoms with Crippen molar-refractivity contribution in [2.75, 3.05) is 17.2 Å². The summed E-state index contributed by atoms with van der Waals surface area (Å²) in [6, 6.07) is 13.9. The fraction of sp³-hybridized carbons (Fsp3) is 0.526. The van der Waals surface area contributed by atoms with Crippen molar-refractivity contribution < 1.29 is 0 Å². The van der Waals surface area contributed by atoms with E-state index >= 15 is 0 Å². The van der Waals surface area contributed by atoms with Crippen LogP contribution in [0.2, 0.25) is 5.02 Å². The summed E-state index contributed by atoms with van der Waals surface area (Å²) in [5.41, 5.74) is 6.15. The van der Waals surface area contributed by atoms with Crippen LogP contribution in [0.5, 0.6) is 0 Å². The molecule has 0 bridgehead atoms. The number of unbranched alkanes of at least 4 members (excludes halogenated alkanes) is 1. The molecule has 1 saturated carbocycles. The second kappa shape index (κ2) is 17.3. The van der Waals surface area contributed by atoms with E-state index in [4.69, 9.17) is 11.6 Å². The van der Waals surface area contributed by atoms with Gasteiger partial charge in [-0.1, -0.05) is 108 Å². The molecule has 1 aromatic heterocycles. The number of hydrogen-bond donors (Lipinski definition) is 0. The molecular formula is C38H56ClN3S. The van der Waals surface area contributed by atoms with E-state index in [0.29, 0.717) is 6.04 Å². The van der Waals surface area contributed by atoms with Crippen molar-refractivity contribution in [3.05, 3.63) is 83.3 Å². The van der Waals surface area contributed by atoms with Gasteiger partial charge in [0.2, 0.25) is 0 Å². The highest BCUT2D eigenvalue weighted by Gasteiger charge is 2.28. The van der Waals surface area contributed by atoms with Gasteiger partial charge in [-0.15, -0.1) is 11.8 Å². The molecule has 0 amide bonds. The van der Waals surface area contributed by atoms with Gasteiger partial charge in [0.05, 0.1) is 10.5 Å². The van der Waals surface area contributed by atoms with Crippen molar-refractivity contribution in [1.29, 1.82) is 0 Å². The van der Waals surface area contributed by atoms with Gasteiger partial charge >= 0.3 is 0 Å². The molecule has 1 aliphatic carbocycles. The van der Waals surface area contributed by atoms with E-state index < -0.39 is 0 Å². The average Bonchev–Trinajstić information content (AvgIpc) is 3.76. The number of aryl methyl sites for hydroxylation is 1. The SMILES string of the molecule is C=C(C)Cn1cc(Cl)c2c(CN3C(=C)N(c4ccc(C)c(SCCCCC5CC5)c4)CCC3C)cccc21.CC.CCC. The fourth-order valence-electron chi connectivity index (χ4n) is 5.68. The summed E-state index contributed by atoms with van der Waals surface area (Å²) in [5.74, 6) is 3.32. The van der Waals surface area contributed by atoms with Crippen molar-refractivity contribution >= 4 is 40.0 Å². The number of aromatic nitrogens is 1. The third-order valence-electron chi connectivity index (χ3n) is 8.12. The van der Waals surface area contributed by atoms with E-state index in [1.165, 1.54) is 71.5 Å². The average molecular weight is 622 g/mol. The van der Waals surface area contributed by atoms with E-state index in [2.05, 4.69) is 98.5 Å². The van der Waals surface area contributed by atoms with Crippen LogP contribution in [0.3, 0.4) is 0 Å². The highest BCUT2D eigenvalue weighted by molar-refractivity contribution is 7.99. The van der Waals surface area contributed by atoms with Gasteiger partial charge in [0, 0.05) is 47.8 Å². The number of fused-ring (bicyclic) bond motifs is 1. The van der Waals surface area contributed by atoms with Crippen molar-refractivity contribution in [3.8, 4) is 0 Å². The predicted octanol–water partition coefficient (Wildman–Crippen LogP) is 11.9. The summed E-state index contributed by atoms with van der Waals surface area (Å²) >= 11 is 8.81. The van der Waals surface area contributed by atoms with Gasteiger partial charge in [-0.2, -0.15) is 0 Å². The van der Waals surface area contributed by atoms with Crippen molar-refractivity contribution in [2.24, 2.45) is 5.92 Å². The number of rotatable bonds is 11. The molecule has 3 nitrogen and oxygen atoms in total. The first-order valence-electron chi connectivity index (χ1n) is 16.6. The van der Waals surface area contributed by atoms with Crippen LogP contribution in [0.4, 0.5) is 5.69 Å². The Bertz CT molecular complexity index is 1340. The summed E-state index contributed by atoms with van der Waals surface area (Å²) in [4.78, 5) is 6.27. The van der Waals surface area contributed by atoms with E-state index in [1.807, 2.05) is 31.8 Å². The number of benzene rings is 2. The Kier molecular flexibility index (Phi) is 14.1. The second-order valence-electron chi connectivity index (χ2n) is 12.2. The molecular weight excluding hydrogens is 566 g/mol. The smallest absolute Gasteiger partial charge is 0.102 e. The number of hydrogen-bond acceptors (Lipinski definition) is 3. The zero-order valence-electron chi connectivity index (χ0n) is 28.0. The molecule has 3 aromatic rings. The molecule has 1 unspecified atom stereocenters. The lowest BCUT2D eigenvalue weighted by molar-refractivity contribution is 0.218. The number of allylic oxidation sites excluding steroid dienone is 1. The van der Waals surface area contributed by atoms with E-state index in [1.54, 1.807) is 0 Å². The van der Waals surface area contributed by atoms with Crippen LogP contribution in [0.1, 0.15) is 97.6 Å². The summed E-state index contributed by atoms with van der Waals surface area (Å²) in [7, 11) is 0. The number of thioether (sulfide) groups is 1. The van der Waals surface area contributed by atoms with Crippen LogP contribution in [0.15, 0.2) is 72.0 Å². The van der Waals surface area contributed by atoms with Crippen molar-refractivity contribution in [1.82, 2.24) is 9.47 Å². The van der Waals surface area contributed by atoms with Gasteiger partial charge in [0.1, 0.15) is 5.82 Å². The van der Waals surface area contributed by atoms with Crippen LogP contribution in [-0.4, -0.2) is 27.8 Å². The molecule has 2 fully saturated rings. The van der Waals surface area contributed by atoms with E-state index in [0.717, 1.165) is 53.8 Å². The van der Waals surface area contributed by atoms with Gasteiger partial charge in [0.15, 0.2) is 0 Å². The summed E-state index contributed by atoms with van der Waals surface area (Å²) in [6.45, 7) is 26.1. The van der Waals surface area contributed by atoms with Crippen LogP contribution < -0.4 is 4.90 Å². The zero-order chi connectivity index (χ0) is 31.5. The predicted molar refractivity (Wildman–Crippen MR) is 194 cm³/mol. The minimum absolute atomic E-state index is 0.413. The first-order chi connectivity index (χ1) is 20.7. The topological polar surface area (TPSA) is 11.4 Å². The van der Waals surface area contributed by atoms with Crippen LogP contribution in [-0.2, 0) is 13.1 Å². The Morgan fingerprint density at radius 3 is 2.47 bits per heavy atom. The molecule has 1 aliphatic heterocycles. The zero-order valence-corrected chi connectivity index (χ0v) is 29.6. The molecule has 43 heavy (non-hydrogen) atoms. The lowest BCUT2D eigenvalue weighted by Crippen LogP contribution is -2.46. The third kappa shape index (κ3) is 9.59. The summed E-state index contributed by atoms with van der Waals surface area (Å²) < 4.78 is 2.21. The Hall–Kier alpha value is -2.30. The third-order valence-corrected chi connectivity index (χ3v) is 9.65. The van der Waals surface area contributed by atoms with Crippen molar-refractivity contribution in [2.45, 2.75) is 117 Å². The highest BCUT2D eigenvalue weighted by atomic mass is 35.5. The van der Waals surface area contributed by atoms with Crippen molar-refractivity contribution in [3.63, 3.8) is 0 Å². The number of nitrogens with zero attached hydrogens (tertiary/aromatic N) is 3. The fourth-order valence-corrected chi connectivity index (χ4v) is 7.08. The lowest BCUT2D eigenvalue weighted by Gasteiger charge is -2.44. The van der Waals surface area contributed by atoms with Gasteiger partial charge < -0.3 is 14.4 Å². The molecule has 2 aromatic carbocycles. The molecule has 1 saturated heterocycles. The largest absolute Gasteiger partial charge is 0.351 e. The van der Waals surface area contributed by atoms with Gasteiger partial charge in [-0.3, -0.25) is 0 Å². The van der Waals surface area contributed by atoms with Crippen LogP contribution in [0, 0.1) is 12.8 Å². The van der Waals surface area contributed by atoms with Gasteiger partial charge in [0.25, 0.3) is 0 Å². The normalized spacial score (nSPS) is 16.5. The number of halogens is 1. The molecule has 0 radical (unpaired) electrons. The number of anilines is 1. The van der Waals surface area contributed by atoms with Crippen LogP contribution >= 0.6 is 23.4 Å². The summed E-state index contributed by atoms with van der Waals surface area (Å²) in [5, 5.41) is 1.95. The first kappa shape index (κ1) is 35.2. The first-order valence-corrected chi connectivity index (χ1v) is 18.0. The molecule has 0 N–H and O–H groups in total. The van der Waals surface area contributed by atoms with Gasteiger partial charge in [-0.05, 0) is 74.6 Å². The lowest BCUT2D eigenvalue weighted by atomic mass is 10.0. The second-order valence-corrected chi connectivity index (χ2v) is 13.7. The maximum Gasteiger partial charge on any atom is 0.102 e. The quantitative estimate of drug-likeness (QED) is 0.120. The summed E-state index contributed by atoms with van der Waals surface area (Å²) in [6.07, 6.45) is 11.4. The maximum atomic E-state index is 6.79. The molecule has 5 rings (SSSR count). The Morgan fingerprint density at radius 2 is 1.79 bits per heavy atom. The Morgan fingerprint density at radius 1 is 1.07 bits per heavy atom. The Labute approximate surface area is 272 Å². The highest BCUT2D eigenvalue weighted by Crippen LogP contribution is 2.37. The monoisotopic (exact) mass is 621 g/mol. The van der Waals surface area contributed by atoms with E-state index in [9.17, 15) is 0 Å². The molecule has 2 heterocycles. The minimum atomic E-state index is 0.413. The maximum absolute atomic E-state index is 6.79. The molecule has 236 valence electrons. The standard InChI is InChI=1S/C33H42ClN3S.C3H8.C2H6/c1-23(2)20-35-22-30(34)33-28(10-8-11-31(33)35)21-37-25(4)16-17-36(26(37)5)29-15-12-24(3)32(19-29)38-18-7-6-9-27-13-14-27;1-3-2;1-2/h8,10-12,15,19,22,25,27H,1,5-7,9,13-14,16-18,20-21H2,2-4H3;3H2,1-2H3;1-2H3. The molecule has 0 spiro atoms. The Balaban J connectivity index is 0.000000953. The van der Waals surface area contributed by atoms with Crippen LogP contribution in [0.25, 0.3) is 10.9 Å². The molecule has 1 atom stereocenters. The van der Waals surface area contributed by atoms with E-state index in [-0.39, 0.29) is 0 Å².